The number of benzene rings is 1. The molecule has 0 unspecified atom stereocenters. The molecule has 5 nitrogen and oxygen atoms in total. The van der Waals surface area contributed by atoms with Crippen molar-refractivity contribution in [3.8, 4) is 0 Å². The van der Waals surface area contributed by atoms with Gasteiger partial charge in [-0.25, -0.2) is 8.42 Å². The number of sulfonamides is 1. The molecule has 1 aromatic carbocycles. The molecule has 25 heavy (non-hydrogen) atoms. The van der Waals surface area contributed by atoms with Crippen LogP contribution in [0.3, 0.4) is 0 Å². The van der Waals surface area contributed by atoms with Crippen molar-refractivity contribution in [2.45, 2.75) is 56.3 Å². The predicted octanol–water partition coefficient (Wildman–Crippen LogP) is 2.94. The molecule has 0 atom stereocenters. The Morgan fingerprint density at radius 1 is 0.960 bits per heavy atom. The summed E-state index contributed by atoms with van der Waals surface area (Å²) in [7, 11) is -3.41. The maximum absolute atomic E-state index is 12.9. The van der Waals surface area contributed by atoms with Crippen LogP contribution in [0.25, 0.3) is 0 Å². The van der Waals surface area contributed by atoms with E-state index in [0.717, 1.165) is 62.6 Å². The lowest BCUT2D eigenvalue weighted by atomic mass is 10.1. The number of anilines is 1. The monoisotopic (exact) mass is 362 g/mol. The average Bonchev–Trinajstić information content (AvgIpc) is 3.31. The SMILES string of the molecule is O=C(C1CCCC1)N1CCc2cc(S(=O)(=O)N3CCCCC3)ccc21. The molecule has 0 aromatic heterocycles. The number of hydrogen-bond donors (Lipinski definition) is 0. The first-order chi connectivity index (χ1) is 12.1. The fourth-order valence-corrected chi connectivity index (χ4v) is 5.98. The van der Waals surface area contributed by atoms with E-state index in [1.54, 1.807) is 16.4 Å². The first-order valence-electron chi connectivity index (χ1n) is 9.52. The smallest absolute Gasteiger partial charge is 0.243 e. The lowest BCUT2D eigenvalue weighted by Gasteiger charge is -2.26. The highest BCUT2D eigenvalue weighted by Crippen LogP contribution is 2.35. The van der Waals surface area contributed by atoms with Gasteiger partial charge in [-0.3, -0.25) is 4.79 Å². The first-order valence-corrected chi connectivity index (χ1v) is 11.0. The average molecular weight is 362 g/mol. The van der Waals surface area contributed by atoms with Crippen LogP contribution < -0.4 is 4.90 Å². The second kappa shape index (κ2) is 6.72. The van der Waals surface area contributed by atoms with Gasteiger partial charge in [0.15, 0.2) is 0 Å². The summed E-state index contributed by atoms with van der Waals surface area (Å²) >= 11 is 0. The van der Waals surface area contributed by atoms with Gasteiger partial charge in [-0.2, -0.15) is 4.31 Å². The highest BCUT2D eigenvalue weighted by Gasteiger charge is 2.33. The van der Waals surface area contributed by atoms with Crippen LogP contribution in [0, 0.1) is 5.92 Å². The van der Waals surface area contributed by atoms with E-state index in [9.17, 15) is 13.2 Å². The minimum atomic E-state index is -3.41. The molecular weight excluding hydrogens is 336 g/mol. The molecule has 0 N–H and O–H groups in total. The molecule has 1 saturated carbocycles. The fraction of sp³-hybridized carbons (Fsp3) is 0.632. The lowest BCUT2D eigenvalue weighted by molar-refractivity contribution is -0.122. The fourth-order valence-electron chi connectivity index (χ4n) is 4.41. The van der Waals surface area contributed by atoms with Crippen LogP contribution in [0.4, 0.5) is 5.69 Å². The highest BCUT2D eigenvalue weighted by molar-refractivity contribution is 7.89. The normalized spacial score (nSPS) is 22.3. The number of piperidine rings is 1. The zero-order valence-corrected chi connectivity index (χ0v) is 15.4. The second-order valence-electron chi connectivity index (χ2n) is 7.48. The molecule has 0 spiro atoms. The molecule has 1 aromatic rings. The summed E-state index contributed by atoms with van der Waals surface area (Å²) in [5.74, 6) is 0.380. The Morgan fingerprint density at radius 3 is 2.40 bits per heavy atom. The van der Waals surface area contributed by atoms with E-state index in [0.29, 0.717) is 24.5 Å². The molecule has 136 valence electrons. The summed E-state index contributed by atoms with van der Waals surface area (Å²) in [5, 5.41) is 0. The van der Waals surface area contributed by atoms with Crippen molar-refractivity contribution in [2.75, 3.05) is 24.5 Å². The van der Waals surface area contributed by atoms with Crippen LogP contribution in [0.5, 0.6) is 0 Å². The third-order valence-corrected chi connectivity index (χ3v) is 7.76. The van der Waals surface area contributed by atoms with Crippen molar-refractivity contribution < 1.29 is 13.2 Å². The van der Waals surface area contributed by atoms with E-state index in [2.05, 4.69) is 0 Å². The Labute approximate surface area is 150 Å². The van der Waals surface area contributed by atoms with Crippen molar-refractivity contribution >= 4 is 21.6 Å². The number of amides is 1. The van der Waals surface area contributed by atoms with Crippen molar-refractivity contribution in [3.05, 3.63) is 23.8 Å². The Hall–Kier alpha value is -1.40. The van der Waals surface area contributed by atoms with Crippen molar-refractivity contribution in [2.24, 2.45) is 5.92 Å². The van der Waals surface area contributed by atoms with E-state index >= 15 is 0 Å². The summed E-state index contributed by atoms with van der Waals surface area (Å²) in [4.78, 5) is 15.0. The van der Waals surface area contributed by atoms with Crippen LogP contribution >= 0.6 is 0 Å². The second-order valence-corrected chi connectivity index (χ2v) is 9.41. The summed E-state index contributed by atoms with van der Waals surface area (Å²) < 4.78 is 27.3. The van der Waals surface area contributed by atoms with Gasteiger partial charge < -0.3 is 4.90 Å². The van der Waals surface area contributed by atoms with E-state index < -0.39 is 10.0 Å². The first kappa shape index (κ1) is 17.0. The molecule has 1 saturated heterocycles. The summed E-state index contributed by atoms with van der Waals surface area (Å²) in [5.41, 5.74) is 1.90. The third-order valence-electron chi connectivity index (χ3n) is 5.87. The molecular formula is C19H26N2O3S. The Bertz CT molecular complexity index is 763. The number of nitrogens with zero attached hydrogens (tertiary/aromatic N) is 2. The van der Waals surface area contributed by atoms with Crippen LogP contribution in [-0.4, -0.2) is 38.3 Å². The van der Waals surface area contributed by atoms with E-state index in [-0.39, 0.29) is 11.8 Å². The van der Waals surface area contributed by atoms with Gasteiger partial charge in [0.2, 0.25) is 15.9 Å². The maximum atomic E-state index is 12.9. The largest absolute Gasteiger partial charge is 0.312 e. The minimum absolute atomic E-state index is 0.155. The van der Waals surface area contributed by atoms with Gasteiger partial charge in [-0.15, -0.1) is 0 Å². The summed E-state index contributed by atoms with van der Waals surface area (Å²) in [6, 6.07) is 5.32. The van der Waals surface area contributed by atoms with Gasteiger partial charge >= 0.3 is 0 Å². The topological polar surface area (TPSA) is 57.7 Å². The summed E-state index contributed by atoms with van der Waals surface area (Å²) in [6.07, 6.45) is 8.00. The standard InChI is InChI=1S/C19H26N2O3S/c22-19(15-6-2-3-7-15)21-13-10-16-14-17(8-9-18(16)21)25(23,24)20-11-4-1-5-12-20/h8-9,14-15H,1-7,10-13H2. The van der Waals surface area contributed by atoms with E-state index in [1.807, 2.05) is 11.0 Å². The lowest BCUT2D eigenvalue weighted by Crippen LogP contribution is -2.35. The number of carbonyl (C=O) groups excluding carboxylic acids is 1. The molecule has 6 heteroatoms. The van der Waals surface area contributed by atoms with Crippen molar-refractivity contribution in [3.63, 3.8) is 0 Å². The van der Waals surface area contributed by atoms with Crippen molar-refractivity contribution in [1.29, 1.82) is 0 Å². The van der Waals surface area contributed by atoms with Crippen LogP contribution in [0.2, 0.25) is 0 Å². The molecule has 1 aliphatic carbocycles. The van der Waals surface area contributed by atoms with Gasteiger partial charge in [0.25, 0.3) is 0 Å². The van der Waals surface area contributed by atoms with Crippen LogP contribution in [0.1, 0.15) is 50.5 Å². The molecule has 3 aliphatic rings. The highest BCUT2D eigenvalue weighted by atomic mass is 32.2. The van der Waals surface area contributed by atoms with Gasteiger partial charge in [0.1, 0.15) is 0 Å². The van der Waals surface area contributed by atoms with E-state index in [1.165, 1.54) is 0 Å². The Balaban J connectivity index is 1.58. The van der Waals surface area contributed by atoms with Gasteiger partial charge in [-0.05, 0) is 55.9 Å². The van der Waals surface area contributed by atoms with E-state index in [4.69, 9.17) is 0 Å². The molecule has 4 rings (SSSR count). The number of rotatable bonds is 3. The third kappa shape index (κ3) is 3.10. The number of fused-ring (bicyclic) bond motifs is 1. The quantitative estimate of drug-likeness (QED) is 0.831. The number of hydrogen-bond acceptors (Lipinski definition) is 3. The van der Waals surface area contributed by atoms with Crippen LogP contribution in [0.15, 0.2) is 23.1 Å². The zero-order chi connectivity index (χ0) is 17.4. The minimum Gasteiger partial charge on any atom is -0.312 e. The Kier molecular flexibility index (Phi) is 4.58. The van der Waals surface area contributed by atoms with Gasteiger partial charge in [0, 0.05) is 31.2 Å². The van der Waals surface area contributed by atoms with Gasteiger partial charge in [-0.1, -0.05) is 19.3 Å². The maximum Gasteiger partial charge on any atom is 0.243 e. The predicted molar refractivity (Wildman–Crippen MR) is 97.1 cm³/mol. The van der Waals surface area contributed by atoms with Gasteiger partial charge in [0.05, 0.1) is 4.90 Å². The Morgan fingerprint density at radius 2 is 1.68 bits per heavy atom. The molecule has 0 bridgehead atoms. The molecule has 2 aliphatic heterocycles. The molecule has 0 radical (unpaired) electrons. The summed E-state index contributed by atoms with van der Waals surface area (Å²) in [6.45, 7) is 1.91. The van der Waals surface area contributed by atoms with Crippen LogP contribution in [-0.2, 0) is 21.2 Å². The molecule has 2 fully saturated rings. The number of carbonyl (C=O) groups is 1. The zero-order valence-electron chi connectivity index (χ0n) is 14.6. The molecule has 1 amide bonds. The molecule has 2 heterocycles. The van der Waals surface area contributed by atoms with Crippen molar-refractivity contribution in [1.82, 2.24) is 4.31 Å².